The van der Waals surface area contributed by atoms with E-state index in [-0.39, 0.29) is 73.7 Å². The van der Waals surface area contributed by atoms with E-state index >= 15 is 0 Å². The summed E-state index contributed by atoms with van der Waals surface area (Å²) in [6.07, 6.45) is 0. The number of rotatable bonds is 6. The van der Waals surface area contributed by atoms with Crippen molar-refractivity contribution in [2.75, 3.05) is 6.61 Å². The molecule has 0 aromatic heterocycles. The van der Waals surface area contributed by atoms with Gasteiger partial charge in [-0.1, -0.05) is 0 Å². The SMILES string of the molecule is CCO.O.O.O.O=C(c1ccc(O)cc1)c1cc(C(=O)c2ccc(O)cc2)cc(C(=O)c2ccc(O)cc2)c1. The Morgan fingerprint density at radius 2 is 0.641 bits per heavy atom. The summed E-state index contributed by atoms with van der Waals surface area (Å²) in [5.41, 5.74) is 1.24. The summed E-state index contributed by atoms with van der Waals surface area (Å²) in [7, 11) is 0. The molecule has 4 rings (SSSR count). The van der Waals surface area contributed by atoms with Crippen LogP contribution in [0.25, 0.3) is 0 Å². The number of phenols is 3. The Kier molecular flexibility index (Phi) is 13.5. The molecule has 0 aliphatic carbocycles. The quantitative estimate of drug-likeness (QED) is 0.267. The normalized spacial score (nSPS) is 9.38. The second-order valence-electron chi connectivity index (χ2n) is 7.74. The van der Waals surface area contributed by atoms with Crippen molar-refractivity contribution in [1.82, 2.24) is 0 Å². The number of aromatic hydroxyl groups is 3. The van der Waals surface area contributed by atoms with Gasteiger partial charge >= 0.3 is 0 Å². The number of aliphatic hydroxyl groups excluding tert-OH is 1. The molecule has 0 fully saturated rings. The van der Waals surface area contributed by atoms with Gasteiger partial charge in [-0.2, -0.15) is 0 Å². The van der Waals surface area contributed by atoms with Crippen LogP contribution in [0.2, 0.25) is 0 Å². The highest BCUT2D eigenvalue weighted by molar-refractivity contribution is 6.17. The standard InChI is InChI=1S/C27H18O6.C2H6O.3H2O/c28-22-7-1-16(2-8-22)25(31)19-13-20(26(32)17-3-9-23(29)10-4-17)15-21(14-19)27(33)18-5-11-24(30)12-6-18;1-2-3;;;/h1-15,28-30H;3H,2H2,1H3;3*1H2. The lowest BCUT2D eigenvalue weighted by molar-refractivity contribution is 0.103. The van der Waals surface area contributed by atoms with Gasteiger partial charge in [0.05, 0.1) is 0 Å². The molecule has 10 N–H and O–H groups in total. The molecule has 0 unspecified atom stereocenters. The Hall–Kier alpha value is -4.87. The fraction of sp³-hybridized carbons (Fsp3) is 0.0690. The molecule has 0 saturated carbocycles. The van der Waals surface area contributed by atoms with Crippen LogP contribution in [0.1, 0.15) is 54.7 Å². The van der Waals surface area contributed by atoms with Crippen LogP contribution in [0.4, 0.5) is 0 Å². The minimum atomic E-state index is -0.421. The van der Waals surface area contributed by atoms with Gasteiger partial charge in [0, 0.05) is 40.0 Å². The van der Waals surface area contributed by atoms with E-state index in [1.54, 1.807) is 6.92 Å². The summed E-state index contributed by atoms with van der Waals surface area (Å²) >= 11 is 0. The van der Waals surface area contributed by atoms with Crippen molar-refractivity contribution in [2.45, 2.75) is 6.92 Å². The van der Waals surface area contributed by atoms with Crippen molar-refractivity contribution in [1.29, 1.82) is 0 Å². The van der Waals surface area contributed by atoms with Crippen LogP contribution in [0.5, 0.6) is 17.2 Å². The number of aliphatic hydroxyl groups is 1. The van der Waals surface area contributed by atoms with Gasteiger partial charge in [0.15, 0.2) is 17.3 Å². The number of carbonyl (C=O) groups is 3. The smallest absolute Gasteiger partial charge is 0.193 e. The number of phenolic OH excluding ortho intramolecular Hbond substituents is 3. The molecule has 4 aromatic rings. The van der Waals surface area contributed by atoms with Crippen molar-refractivity contribution in [3.8, 4) is 17.2 Å². The Morgan fingerprint density at radius 3 is 0.821 bits per heavy atom. The number of carbonyl (C=O) groups excluding carboxylic acids is 3. The van der Waals surface area contributed by atoms with Crippen LogP contribution in [0, 0.1) is 0 Å². The van der Waals surface area contributed by atoms with E-state index in [0.717, 1.165) is 0 Å². The van der Waals surface area contributed by atoms with Crippen LogP contribution in [0.15, 0.2) is 91.0 Å². The second kappa shape index (κ2) is 15.4. The molecule has 0 aliphatic heterocycles. The first kappa shape index (κ1) is 34.1. The molecular formula is C29H30O10. The maximum absolute atomic E-state index is 13.1. The fourth-order valence-electron chi connectivity index (χ4n) is 3.36. The number of hydrogen-bond donors (Lipinski definition) is 4. The first-order valence-electron chi connectivity index (χ1n) is 11.0. The molecular weight excluding hydrogens is 508 g/mol. The molecule has 39 heavy (non-hydrogen) atoms. The minimum Gasteiger partial charge on any atom is -0.508 e. The van der Waals surface area contributed by atoms with Gasteiger partial charge in [-0.3, -0.25) is 14.4 Å². The van der Waals surface area contributed by atoms with Gasteiger partial charge in [-0.15, -0.1) is 0 Å². The van der Waals surface area contributed by atoms with Crippen molar-refractivity contribution < 1.29 is 51.2 Å². The summed E-state index contributed by atoms with van der Waals surface area (Å²) in [6, 6.07) is 21.2. The number of hydrogen-bond acceptors (Lipinski definition) is 7. The zero-order valence-electron chi connectivity index (χ0n) is 20.9. The molecule has 0 radical (unpaired) electrons. The van der Waals surface area contributed by atoms with Crippen molar-refractivity contribution in [3.63, 3.8) is 0 Å². The predicted molar refractivity (Wildman–Crippen MR) is 145 cm³/mol. The molecule has 0 amide bonds. The third kappa shape index (κ3) is 8.59. The summed E-state index contributed by atoms with van der Waals surface area (Å²) in [6.45, 7) is 1.93. The lowest BCUT2D eigenvalue weighted by Crippen LogP contribution is -2.10. The van der Waals surface area contributed by atoms with Crippen LogP contribution >= 0.6 is 0 Å². The highest BCUT2D eigenvalue weighted by Gasteiger charge is 2.19. The van der Waals surface area contributed by atoms with E-state index in [4.69, 9.17) is 5.11 Å². The van der Waals surface area contributed by atoms with Crippen LogP contribution in [-0.2, 0) is 0 Å². The Balaban J connectivity index is 0.00000230. The lowest BCUT2D eigenvalue weighted by Gasteiger charge is -2.10. The van der Waals surface area contributed by atoms with E-state index in [0.29, 0.717) is 0 Å². The Labute approximate surface area is 224 Å². The minimum absolute atomic E-state index is 0. The first-order chi connectivity index (χ1) is 17.2. The maximum atomic E-state index is 13.1. The number of ketones is 3. The summed E-state index contributed by atoms with van der Waals surface area (Å²) in [5, 5.41) is 36.1. The second-order valence-corrected chi connectivity index (χ2v) is 7.74. The van der Waals surface area contributed by atoms with Crippen molar-refractivity contribution >= 4 is 17.3 Å². The van der Waals surface area contributed by atoms with E-state index in [1.807, 2.05) is 0 Å². The molecule has 10 nitrogen and oxygen atoms in total. The maximum Gasteiger partial charge on any atom is 0.193 e. The van der Waals surface area contributed by atoms with Gasteiger partial charge < -0.3 is 36.9 Å². The fourth-order valence-corrected chi connectivity index (χ4v) is 3.36. The highest BCUT2D eigenvalue weighted by atomic mass is 16.3. The third-order valence-electron chi connectivity index (χ3n) is 5.11. The zero-order valence-corrected chi connectivity index (χ0v) is 20.9. The molecule has 0 saturated heterocycles. The van der Waals surface area contributed by atoms with E-state index < -0.39 is 17.3 Å². The van der Waals surface area contributed by atoms with Gasteiger partial charge in [-0.05, 0) is 97.9 Å². The Bertz CT molecular complexity index is 1200. The molecule has 4 aromatic carbocycles. The highest BCUT2D eigenvalue weighted by Crippen LogP contribution is 2.22. The molecule has 206 valence electrons. The van der Waals surface area contributed by atoms with Crippen LogP contribution in [-0.4, -0.2) is 60.8 Å². The molecule has 0 atom stereocenters. The predicted octanol–water partition coefficient (Wildman–Crippen LogP) is 2.02. The van der Waals surface area contributed by atoms with Gasteiger partial charge in [0.25, 0.3) is 0 Å². The van der Waals surface area contributed by atoms with Gasteiger partial charge in [0.1, 0.15) is 17.2 Å². The van der Waals surface area contributed by atoms with Crippen molar-refractivity contribution in [2.24, 2.45) is 0 Å². The number of benzene rings is 4. The third-order valence-corrected chi connectivity index (χ3v) is 5.11. The van der Waals surface area contributed by atoms with Crippen molar-refractivity contribution in [3.05, 3.63) is 124 Å². The largest absolute Gasteiger partial charge is 0.508 e. The monoisotopic (exact) mass is 538 g/mol. The van der Waals surface area contributed by atoms with Gasteiger partial charge in [-0.25, -0.2) is 0 Å². The molecule has 0 spiro atoms. The van der Waals surface area contributed by atoms with Gasteiger partial charge in [0.2, 0.25) is 0 Å². The topological polar surface area (TPSA) is 227 Å². The molecule has 0 heterocycles. The van der Waals surface area contributed by atoms with E-state index in [2.05, 4.69) is 0 Å². The van der Waals surface area contributed by atoms with E-state index in [9.17, 15) is 29.7 Å². The Morgan fingerprint density at radius 1 is 0.462 bits per heavy atom. The first-order valence-corrected chi connectivity index (χ1v) is 11.0. The summed E-state index contributed by atoms with van der Waals surface area (Å²) in [4.78, 5) is 39.3. The molecule has 10 heteroatoms. The molecule has 0 bridgehead atoms. The van der Waals surface area contributed by atoms with E-state index in [1.165, 1.54) is 91.0 Å². The zero-order chi connectivity index (χ0) is 26.2. The average molecular weight is 539 g/mol. The summed E-state index contributed by atoms with van der Waals surface area (Å²) < 4.78 is 0. The summed E-state index contributed by atoms with van der Waals surface area (Å²) in [5.74, 6) is -1.25. The lowest BCUT2D eigenvalue weighted by atomic mass is 9.92. The average Bonchev–Trinajstić information content (AvgIpc) is 2.89. The van der Waals surface area contributed by atoms with Crippen LogP contribution < -0.4 is 0 Å². The molecule has 0 aliphatic rings. The van der Waals surface area contributed by atoms with Crippen LogP contribution in [0.3, 0.4) is 0 Å².